The van der Waals surface area contributed by atoms with Crippen molar-refractivity contribution >= 4 is 11.6 Å². The molecule has 3 rings (SSSR count). The number of nitrogens with zero attached hydrogens (tertiary/aromatic N) is 3. The Labute approximate surface area is 124 Å². The molecule has 2 aromatic rings. The molecule has 1 atom stereocenters. The van der Waals surface area contributed by atoms with Crippen molar-refractivity contribution in [1.82, 2.24) is 14.3 Å². The predicted octanol–water partition coefficient (Wildman–Crippen LogP) is 2.35. The highest BCUT2D eigenvalue weighted by atomic mass is 16.5. The molecule has 0 amide bonds. The van der Waals surface area contributed by atoms with Crippen LogP contribution in [-0.2, 0) is 11.3 Å². The van der Waals surface area contributed by atoms with Gasteiger partial charge in [-0.25, -0.2) is 9.78 Å². The fourth-order valence-electron chi connectivity index (χ4n) is 3.13. The molecule has 5 nitrogen and oxygen atoms in total. The van der Waals surface area contributed by atoms with Crippen molar-refractivity contribution in [3.05, 3.63) is 35.8 Å². The molecule has 0 aliphatic carbocycles. The molecule has 2 aromatic heterocycles. The van der Waals surface area contributed by atoms with Gasteiger partial charge in [0.15, 0.2) is 5.65 Å². The fourth-order valence-corrected chi connectivity index (χ4v) is 3.13. The first-order valence-electron chi connectivity index (χ1n) is 7.43. The Morgan fingerprint density at radius 3 is 3.14 bits per heavy atom. The van der Waals surface area contributed by atoms with E-state index in [9.17, 15) is 4.79 Å². The zero-order valence-corrected chi connectivity index (χ0v) is 12.6. The average molecular weight is 287 g/mol. The number of ether oxygens (including phenoxy) is 1. The number of piperidine rings is 1. The van der Waals surface area contributed by atoms with Crippen LogP contribution < -0.4 is 0 Å². The van der Waals surface area contributed by atoms with E-state index >= 15 is 0 Å². The number of carbonyl (C=O) groups excluding carboxylic acids is 1. The lowest BCUT2D eigenvalue weighted by atomic mass is 10.00. The SMILES string of the molecule is COC(=O)c1cc(CN2CCC[C@H](C)C2)cn2ccnc12. The van der Waals surface area contributed by atoms with Gasteiger partial charge in [-0.1, -0.05) is 6.92 Å². The summed E-state index contributed by atoms with van der Waals surface area (Å²) in [5.41, 5.74) is 2.30. The summed E-state index contributed by atoms with van der Waals surface area (Å²) >= 11 is 0. The van der Waals surface area contributed by atoms with Gasteiger partial charge < -0.3 is 9.14 Å². The lowest BCUT2D eigenvalue weighted by Crippen LogP contribution is -2.33. The van der Waals surface area contributed by atoms with Crippen molar-refractivity contribution in [2.75, 3.05) is 20.2 Å². The van der Waals surface area contributed by atoms with Gasteiger partial charge in [-0.05, 0) is 36.9 Å². The van der Waals surface area contributed by atoms with Crippen LogP contribution >= 0.6 is 0 Å². The first kappa shape index (κ1) is 14.1. The van der Waals surface area contributed by atoms with Crippen molar-refractivity contribution in [2.45, 2.75) is 26.3 Å². The molecule has 0 aromatic carbocycles. The quantitative estimate of drug-likeness (QED) is 0.813. The second kappa shape index (κ2) is 5.85. The van der Waals surface area contributed by atoms with Crippen LogP contribution in [0.2, 0.25) is 0 Å². The van der Waals surface area contributed by atoms with Crippen LogP contribution in [0.25, 0.3) is 5.65 Å². The Hall–Kier alpha value is -1.88. The number of pyridine rings is 1. The number of hydrogen-bond donors (Lipinski definition) is 0. The topological polar surface area (TPSA) is 46.8 Å². The predicted molar refractivity (Wildman–Crippen MR) is 80.2 cm³/mol. The molecular weight excluding hydrogens is 266 g/mol. The van der Waals surface area contributed by atoms with Gasteiger partial charge in [0.1, 0.15) is 5.56 Å². The Kier molecular flexibility index (Phi) is 3.92. The molecule has 1 saturated heterocycles. The van der Waals surface area contributed by atoms with Gasteiger partial charge in [0, 0.05) is 31.7 Å². The number of rotatable bonds is 3. The average Bonchev–Trinajstić information content (AvgIpc) is 2.94. The van der Waals surface area contributed by atoms with Crippen LogP contribution in [0.4, 0.5) is 0 Å². The zero-order valence-electron chi connectivity index (χ0n) is 12.6. The van der Waals surface area contributed by atoms with Crippen molar-refractivity contribution in [3.8, 4) is 0 Å². The van der Waals surface area contributed by atoms with E-state index in [1.807, 2.05) is 22.9 Å². The summed E-state index contributed by atoms with van der Waals surface area (Å²) in [6.07, 6.45) is 8.18. The van der Waals surface area contributed by atoms with Crippen LogP contribution in [0.5, 0.6) is 0 Å². The Bertz CT molecular complexity index is 650. The summed E-state index contributed by atoms with van der Waals surface area (Å²) < 4.78 is 6.77. The van der Waals surface area contributed by atoms with Gasteiger partial charge in [-0.15, -0.1) is 0 Å². The fraction of sp³-hybridized carbons (Fsp3) is 0.500. The standard InChI is InChI=1S/C16H21N3O2/c1-12-4-3-6-18(9-12)10-13-8-14(16(20)21-2)15-17-5-7-19(15)11-13/h5,7-8,11-12H,3-4,6,9-10H2,1-2H3/t12-/m0/s1. The van der Waals surface area contributed by atoms with Crippen molar-refractivity contribution in [1.29, 1.82) is 0 Å². The zero-order chi connectivity index (χ0) is 14.8. The Morgan fingerprint density at radius 2 is 2.38 bits per heavy atom. The lowest BCUT2D eigenvalue weighted by Gasteiger charge is -2.30. The maximum atomic E-state index is 11.9. The molecule has 0 unspecified atom stereocenters. The lowest BCUT2D eigenvalue weighted by molar-refractivity contribution is 0.0602. The Balaban J connectivity index is 1.89. The minimum absolute atomic E-state index is 0.333. The van der Waals surface area contributed by atoms with Crippen LogP contribution in [0.15, 0.2) is 24.7 Å². The minimum Gasteiger partial charge on any atom is -0.465 e. The van der Waals surface area contributed by atoms with Crippen LogP contribution in [0.3, 0.4) is 0 Å². The second-order valence-electron chi connectivity index (χ2n) is 5.89. The number of aromatic nitrogens is 2. The molecule has 0 spiro atoms. The van der Waals surface area contributed by atoms with E-state index in [0.717, 1.165) is 31.1 Å². The number of fused-ring (bicyclic) bond motifs is 1. The van der Waals surface area contributed by atoms with E-state index in [1.165, 1.54) is 20.0 Å². The minimum atomic E-state index is -0.333. The van der Waals surface area contributed by atoms with Gasteiger partial charge >= 0.3 is 5.97 Å². The molecule has 0 N–H and O–H groups in total. The maximum Gasteiger partial charge on any atom is 0.341 e. The summed E-state index contributed by atoms with van der Waals surface area (Å²) in [7, 11) is 1.40. The van der Waals surface area contributed by atoms with Crippen LogP contribution in [-0.4, -0.2) is 40.5 Å². The molecule has 3 heterocycles. The third-order valence-electron chi connectivity index (χ3n) is 4.10. The molecule has 1 aliphatic rings. The Morgan fingerprint density at radius 1 is 1.52 bits per heavy atom. The van der Waals surface area contributed by atoms with Gasteiger partial charge in [-0.2, -0.15) is 0 Å². The highest BCUT2D eigenvalue weighted by Crippen LogP contribution is 2.20. The summed E-state index contributed by atoms with van der Waals surface area (Å²) in [6.45, 7) is 5.41. The van der Waals surface area contributed by atoms with E-state index in [0.29, 0.717) is 11.2 Å². The van der Waals surface area contributed by atoms with Gasteiger partial charge in [0.2, 0.25) is 0 Å². The summed E-state index contributed by atoms with van der Waals surface area (Å²) in [4.78, 5) is 18.6. The molecule has 0 bridgehead atoms. The van der Waals surface area contributed by atoms with Crippen molar-refractivity contribution in [3.63, 3.8) is 0 Å². The van der Waals surface area contributed by atoms with E-state index < -0.39 is 0 Å². The molecule has 21 heavy (non-hydrogen) atoms. The number of carbonyl (C=O) groups is 1. The van der Waals surface area contributed by atoms with E-state index in [4.69, 9.17) is 4.74 Å². The molecule has 0 saturated carbocycles. The molecular formula is C16H21N3O2. The number of likely N-dealkylation sites (tertiary alicyclic amines) is 1. The molecule has 112 valence electrons. The smallest absolute Gasteiger partial charge is 0.341 e. The normalized spacial score (nSPS) is 19.8. The second-order valence-corrected chi connectivity index (χ2v) is 5.89. The van der Waals surface area contributed by atoms with Gasteiger partial charge in [0.25, 0.3) is 0 Å². The number of imidazole rings is 1. The van der Waals surface area contributed by atoms with Crippen molar-refractivity contribution < 1.29 is 9.53 Å². The van der Waals surface area contributed by atoms with Gasteiger partial charge in [-0.3, -0.25) is 4.90 Å². The first-order valence-corrected chi connectivity index (χ1v) is 7.43. The molecule has 0 radical (unpaired) electrons. The summed E-state index contributed by atoms with van der Waals surface area (Å²) in [5.74, 6) is 0.413. The molecule has 1 aliphatic heterocycles. The van der Waals surface area contributed by atoms with E-state index in [1.54, 1.807) is 6.20 Å². The highest BCUT2D eigenvalue weighted by Gasteiger charge is 2.18. The highest BCUT2D eigenvalue weighted by molar-refractivity contribution is 5.95. The maximum absolute atomic E-state index is 11.9. The first-order chi connectivity index (χ1) is 10.2. The third kappa shape index (κ3) is 2.93. The monoisotopic (exact) mass is 287 g/mol. The largest absolute Gasteiger partial charge is 0.465 e. The summed E-state index contributed by atoms with van der Waals surface area (Å²) in [5, 5.41) is 0. The van der Waals surface area contributed by atoms with Crippen LogP contribution in [0.1, 0.15) is 35.7 Å². The van der Waals surface area contributed by atoms with Crippen molar-refractivity contribution in [2.24, 2.45) is 5.92 Å². The number of methoxy groups -OCH3 is 1. The molecule has 5 heteroatoms. The van der Waals surface area contributed by atoms with Gasteiger partial charge in [0.05, 0.1) is 7.11 Å². The molecule has 1 fully saturated rings. The number of esters is 1. The van der Waals surface area contributed by atoms with Crippen LogP contribution in [0, 0.1) is 5.92 Å². The van der Waals surface area contributed by atoms with E-state index in [-0.39, 0.29) is 5.97 Å². The third-order valence-corrected chi connectivity index (χ3v) is 4.10. The van der Waals surface area contributed by atoms with E-state index in [2.05, 4.69) is 16.8 Å². The number of hydrogen-bond acceptors (Lipinski definition) is 4. The summed E-state index contributed by atoms with van der Waals surface area (Å²) in [6, 6.07) is 1.91.